The number of carbonyl (C=O) groups excluding carboxylic acids is 3. The molecule has 2 aliphatic heterocycles. The number of carbonyl (C=O) groups is 3. The second-order valence-electron chi connectivity index (χ2n) is 7.78. The third-order valence-corrected chi connectivity index (χ3v) is 6.30. The van der Waals surface area contributed by atoms with Gasteiger partial charge in [0.25, 0.3) is 0 Å². The van der Waals surface area contributed by atoms with E-state index in [1.54, 1.807) is 7.11 Å². The SMILES string of the molecule is COc1ccc([C@H]2CCCN2C(=O)CN2C(=O)[C@H]3CCCC[C@H]3C2=O)cc1. The van der Waals surface area contributed by atoms with Crippen molar-refractivity contribution in [1.82, 2.24) is 9.80 Å². The number of imide groups is 1. The fraction of sp³-hybridized carbons (Fsp3) is 0.571. The maximum atomic E-state index is 13.0. The van der Waals surface area contributed by atoms with Crippen molar-refractivity contribution in [3.05, 3.63) is 29.8 Å². The van der Waals surface area contributed by atoms with Crippen LogP contribution in [-0.2, 0) is 14.4 Å². The highest BCUT2D eigenvalue weighted by atomic mass is 16.5. The Labute approximate surface area is 159 Å². The fourth-order valence-corrected chi connectivity index (χ4v) is 4.85. The van der Waals surface area contributed by atoms with Crippen LogP contribution in [0.1, 0.15) is 50.1 Å². The molecule has 1 aromatic rings. The summed E-state index contributed by atoms with van der Waals surface area (Å²) in [4.78, 5) is 41.3. The molecule has 0 unspecified atom stereocenters. The molecule has 0 N–H and O–H groups in total. The normalized spacial score (nSPS) is 27.8. The molecule has 1 saturated carbocycles. The van der Waals surface area contributed by atoms with Crippen molar-refractivity contribution in [2.24, 2.45) is 11.8 Å². The molecule has 3 fully saturated rings. The summed E-state index contributed by atoms with van der Waals surface area (Å²) in [6, 6.07) is 7.76. The molecule has 6 nitrogen and oxygen atoms in total. The second kappa shape index (κ2) is 7.33. The Morgan fingerprint density at radius 1 is 1.00 bits per heavy atom. The summed E-state index contributed by atoms with van der Waals surface area (Å²) in [5.74, 6) is -0.0272. The van der Waals surface area contributed by atoms with Crippen LogP contribution in [0.5, 0.6) is 5.75 Å². The van der Waals surface area contributed by atoms with Crippen LogP contribution in [0.15, 0.2) is 24.3 Å². The molecule has 4 rings (SSSR count). The van der Waals surface area contributed by atoms with Gasteiger partial charge in [-0.2, -0.15) is 0 Å². The summed E-state index contributed by atoms with van der Waals surface area (Å²) in [6.07, 6.45) is 5.36. The number of methoxy groups -OCH3 is 1. The molecule has 2 saturated heterocycles. The summed E-state index contributed by atoms with van der Waals surface area (Å²) in [7, 11) is 1.63. The number of ether oxygens (including phenoxy) is 1. The minimum atomic E-state index is -0.199. The molecular weight excluding hydrogens is 344 g/mol. The predicted molar refractivity (Wildman–Crippen MR) is 98.9 cm³/mol. The fourth-order valence-electron chi connectivity index (χ4n) is 4.85. The largest absolute Gasteiger partial charge is 0.497 e. The summed E-state index contributed by atoms with van der Waals surface area (Å²) >= 11 is 0. The Hall–Kier alpha value is -2.37. The number of benzene rings is 1. The minimum absolute atomic E-state index is 0.00140. The molecule has 0 spiro atoms. The molecule has 1 aromatic carbocycles. The molecule has 3 aliphatic rings. The number of fused-ring (bicyclic) bond motifs is 1. The first-order valence-electron chi connectivity index (χ1n) is 9.89. The van der Waals surface area contributed by atoms with Crippen molar-refractivity contribution in [2.75, 3.05) is 20.2 Å². The van der Waals surface area contributed by atoms with E-state index in [1.165, 1.54) is 4.90 Å². The maximum Gasteiger partial charge on any atom is 0.243 e. The zero-order valence-electron chi connectivity index (χ0n) is 15.7. The lowest BCUT2D eigenvalue weighted by molar-refractivity contribution is -0.147. The first kappa shape index (κ1) is 18.0. The average molecular weight is 370 g/mol. The molecule has 2 heterocycles. The zero-order chi connectivity index (χ0) is 19.0. The first-order valence-corrected chi connectivity index (χ1v) is 9.89. The van der Waals surface area contributed by atoms with Gasteiger partial charge in [0, 0.05) is 6.54 Å². The van der Waals surface area contributed by atoms with Crippen molar-refractivity contribution < 1.29 is 19.1 Å². The van der Waals surface area contributed by atoms with Gasteiger partial charge in [-0.05, 0) is 43.4 Å². The maximum absolute atomic E-state index is 13.0. The van der Waals surface area contributed by atoms with Gasteiger partial charge >= 0.3 is 0 Å². The third-order valence-electron chi connectivity index (χ3n) is 6.30. The molecular formula is C21H26N2O4. The smallest absolute Gasteiger partial charge is 0.243 e. The topological polar surface area (TPSA) is 66.9 Å². The van der Waals surface area contributed by atoms with Gasteiger partial charge in [-0.15, -0.1) is 0 Å². The molecule has 6 heteroatoms. The monoisotopic (exact) mass is 370 g/mol. The Balaban J connectivity index is 1.47. The van der Waals surface area contributed by atoms with Crippen molar-refractivity contribution in [3.63, 3.8) is 0 Å². The molecule has 0 aromatic heterocycles. The quantitative estimate of drug-likeness (QED) is 0.764. The molecule has 0 radical (unpaired) electrons. The van der Waals surface area contributed by atoms with Crippen LogP contribution in [0.2, 0.25) is 0 Å². The zero-order valence-corrected chi connectivity index (χ0v) is 15.7. The van der Waals surface area contributed by atoms with Crippen LogP contribution < -0.4 is 4.74 Å². The summed E-state index contributed by atoms with van der Waals surface area (Å²) < 4.78 is 5.20. The van der Waals surface area contributed by atoms with E-state index in [2.05, 4.69) is 0 Å². The first-order chi connectivity index (χ1) is 13.1. The molecule has 27 heavy (non-hydrogen) atoms. The standard InChI is InChI=1S/C21H26N2O4/c1-27-15-10-8-14(9-11-15)18-7-4-12-22(18)19(24)13-23-20(25)16-5-2-3-6-17(16)21(23)26/h8-11,16-18H,2-7,12-13H2,1H3/t16-,17+,18-/m1/s1. The summed E-state index contributed by atoms with van der Waals surface area (Å²) in [5, 5.41) is 0. The third kappa shape index (κ3) is 3.22. The summed E-state index contributed by atoms with van der Waals surface area (Å²) in [6.45, 7) is 0.552. The highest BCUT2D eigenvalue weighted by Crippen LogP contribution is 2.38. The molecule has 0 bridgehead atoms. The van der Waals surface area contributed by atoms with Gasteiger partial charge in [-0.3, -0.25) is 19.3 Å². The predicted octanol–water partition coefficient (Wildman–Crippen LogP) is 2.53. The van der Waals surface area contributed by atoms with Crippen molar-refractivity contribution >= 4 is 17.7 Å². The van der Waals surface area contributed by atoms with E-state index in [0.717, 1.165) is 49.8 Å². The van der Waals surface area contributed by atoms with Gasteiger partial charge in [0.05, 0.1) is 25.0 Å². The van der Waals surface area contributed by atoms with Crippen molar-refractivity contribution in [1.29, 1.82) is 0 Å². The Bertz CT molecular complexity index is 721. The van der Waals surface area contributed by atoms with Crippen molar-refractivity contribution in [2.45, 2.75) is 44.6 Å². The second-order valence-corrected chi connectivity index (χ2v) is 7.78. The number of nitrogens with zero attached hydrogens (tertiary/aromatic N) is 2. The Morgan fingerprint density at radius 3 is 2.22 bits per heavy atom. The average Bonchev–Trinajstić information content (AvgIpc) is 3.28. The van der Waals surface area contributed by atoms with E-state index in [-0.39, 0.29) is 42.1 Å². The lowest BCUT2D eigenvalue weighted by Crippen LogP contribution is -2.43. The van der Waals surface area contributed by atoms with Crippen LogP contribution in [0.3, 0.4) is 0 Å². The minimum Gasteiger partial charge on any atom is -0.497 e. The van der Waals surface area contributed by atoms with Gasteiger partial charge in [0.15, 0.2) is 0 Å². The Kier molecular flexibility index (Phi) is 4.89. The van der Waals surface area contributed by atoms with E-state index in [4.69, 9.17) is 4.74 Å². The van der Waals surface area contributed by atoms with Gasteiger partial charge in [0.1, 0.15) is 12.3 Å². The van der Waals surface area contributed by atoms with E-state index in [9.17, 15) is 14.4 Å². The van der Waals surface area contributed by atoms with Gasteiger partial charge in [-0.1, -0.05) is 25.0 Å². The number of rotatable bonds is 4. The van der Waals surface area contributed by atoms with E-state index in [1.807, 2.05) is 29.2 Å². The van der Waals surface area contributed by atoms with Crippen LogP contribution in [-0.4, -0.2) is 47.7 Å². The van der Waals surface area contributed by atoms with Gasteiger partial charge in [-0.25, -0.2) is 0 Å². The number of hydrogen-bond acceptors (Lipinski definition) is 4. The van der Waals surface area contributed by atoms with E-state index in [0.29, 0.717) is 6.54 Å². The van der Waals surface area contributed by atoms with Crippen LogP contribution in [0.25, 0.3) is 0 Å². The van der Waals surface area contributed by atoms with Crippen LogP contribution >= 0.6 is 0 Å². The van der Waals surface area contributed by atoms with Crippen LogP contribution in [0, 0.1) is 11.8 Å². The lowest BCUT2D eigenvalue weighted by atomic mass is 9.81. The van der Waals surface area contributed by atoms with Gasteiger partial charge < -0.3 is 9.64 Å². The number of hydrogen-bond donors (Lipinski definition) is 0. The van der Waals surface area contributed by atoms with Gasteiger partial charge in [0.2, 0.25) is 17.7 Å². The molecule has 3 amide bonds. The molecule has 144 valence electrons. The summed E-state index contributed by atoms with van der Waals surface area (Å²) in [5.41, 5.74) is 1.06. The van der Waals surface area contributed by atoms with Crippen molar-refractivity contribution in [3.8, 4) is 5.75 Å². The highest BCUT2D eigenvalue weighted by Gasteiger charge is 2.49. The van der Waals surface area contributed by atoms with Crippen LogP contribution in [0.4, 0.5) is 0 Å². The highest BCUT2D eigenvalue weighted by molar-refractivity contribution is 6.07. The van der Waals surface area contributed by atoms with E-state index >= 15 is 0 Å². The van der Waals surface area contributed by atoms with E-state index < -0.39 is 0 Å². The lowest BCUT2D eigenvalue weighted by Gasteiger charge is -2.27. The Morgan fingerprint density at radius 2 is 1.63 bits per heavy atom. The number of amides is 3. The molecule has 1 aliphatic carbocycles. The number of likely N-dealkylation sites (tertiary alicyclic amines) is 2. The molecule has 3 atom stereocenters.